The van der Waals surface area contributed by atoms with E-state index in [0.29, 0.717) is 0 Å². The predicted octanol–water partition coefficient (Wildman–Crippen LogP) is 1.33. The van der Waals surface area contributed by atoms with Gasteiger partial charge in [0.1, 0.15) is 23.2 Å². The molecule has 0 aliphatic heterocycles. The highest BCUT2D eigenvalue weighted by atomic mass is 19.1. The van der Waals surface area contributed by atoms with Crippen molar-refractivity contribution in [2.45, 2.75) is 18.8 Å². The Labute approximate surface area is 192 Å². The van der Waals surface area contributed by atoms with Crippen LogP contribution in [0.3, 0.4) is 0 Å². The maximum absolute atomic E-state index is 14.0. The quantitative estimate of drug-likeness (QED) is 0.284. The molecule has 0 aliphatic rings. The summed E-state index contributed by atoms with van der Waals surface area (Å²) in [6, 6.07) is 14.6. The number of carbonyl (C=O) groups is 2. The summed E-state index contributed by atoms with van der Waals surface area (Å²) in [7, 11) is 1.25. The molecule has 0 saturated heterocycles. The van der Waals surface area contributed by atoms with Crippen LogP contribution in [0, 0.1) is 17.1 Å². The summed E-state index contributed by atoms with van der Waals surface area (Å²) in [4.78, 5) is 25.4. The monoisotopic (exact) mass is 453 g/mol. The zero-order valence-corrected chi connectivity index (χ0v) is 18.4. The van der Waals surface area contributed by atoms with E-state index in [1.165, 1.54) is 31.1 Å². The molecule has 2 aromatic rings. The number of nitriles is 1. The highest BCUT2D eigenvalue weighted by molar-refractivity contribution is 6.43. The normalized spacial score (nSPS) is 11.8. The third kappa shape index (κ3) is 8.41. The molecule has 0 saturated carbocycles. The molecule has 0 fully saturated rings. The summed E-state index contributed by atoms with van der Waals surface area (Å²) in [5.41, 5.74) is 0.924. The van der Waals surface area contributed by atoms with Crippen LogP contribution in [0.15, 0.2) is 54.1 Å². The van der Waals surface area contributed by atoms with Crippen LogP contribution in [0.25, 0.3) is 6.08 Å². The highest BCUT2D eigenvalue weighted by Crippen LogP contribution is 2.19. The first-order chi connectivity index (χ1) is 15.7. The standard InChI is InChI=1S/C23H25BFN3O5/c1-28(2)23(30)18(15-26)10-17-11-19(25)14-20(12-17)33-9-8-22(29)27-21(24(31)32)13-16-6-4-3-5-7-16/h3-7,10-12,14,21,31-32H,8-9,13H2,1-2H3,(H,27,29)/t21-/m0/s1. The summed E-state index contributed by atoms with van der Waals surface area (Å²) in [5.74, 6) is -2.40. The lowest BCUT2D eigenvalue weighted by Crippen LogP contribution is -2.48. The number of rotatable bonds is 10. The van der Waals surface area contributed by atoms with Gasteiger partial charge in [0.15, 0.2) is 0 Å². The number of amides is 2. The molecule has 8 nitrogen and oxygen atoms in total. The molecule has 172 valence electrons. The van der Waals surface area contributed by atoms with Crippen LogP contribution >= 0.6 is 0 Å². The van der Waals surface area contributed by atoms with E-state index in [1.807, 2.05) is 30.3 Å². The highest BCUT2D eigenvalue weighted by Gasteiger charge is 2.25. The second kappa shape index (κ2) is 12.4. The fraction of sp³-hybridized carbons (Fsp3) is 0.261. The average Bonchev–Trinajstić information content (AvgIpc) is 2.76. The van der Waals surface area contributed by atoms with Crippen LogP contribution in [0.5, 0.6) is 5.75 Å². The number of hydrogen-bond acceptors (Lipinski definition) is 6. The van der Waals surface area contributed by atoms with Crippen LogP contribution in [-0.4, -0.2) is 60.5 Å². The number of benzene rings is 2. The Morgan fingerprint density at radius 2 is 1.94 bits per heavy atom. The molecule has 0 unspecified atom stereocenters. The van der Waals surface area contributed by atoms with E-state index in [9.17, 15) is 29.3 Å². The molecule has 0 aliphatic carbocycles. The fourth-order valence-electron chi connectivity index (χ4n) is 2.94. The molecule has 1 atom stereocenters. The molecule has 0 spiro atoms. The van der Waals surface area contributed by atoms with E-state index in [2.05, 4.69) is 5.32 Å². The summed E-state index contributed by atoms with van der Waals surface area (Å²) in [6.45, 7) is -0.0975. The average molecular weight is 453 g/mol. The number of ether oxygens (including phenoxy) is 1. The molecule has 0 radical (unpaired) electrons. The molecule has 2 amide bonds. The molecule has 33 heavy (non-hydrogen) atoms. The van der Waals surface area contributed by atoms with E-state index in [-0.39, 0.29) is 36.3 Å². The van der Waals surface area contributed by atoms with E-state index < -0.39 is 30.7 Å². The summed E-state index contributed by atoms with van der Waals surface area (Å²) >= 11 is 0. The summed E-state index contributed by atoms with van der Waals surface area (Å²) < 4.78 is 19.4. The van der Waals surface area contributed by atoms with Gasteiger partial charge >= 0.3 is 7.12 Å². The number of halogens is 1. The maximum Gasteiger partial charge on any atom is 0.475 e. The first-order valence-electron chi connectivity index (χ1n) is 10.2. The first kappa shape index (κ1) is 25.6. The van der Waals surface area contributed by atoms with E-state index in [1.54, 1.807) is 6.07 Å². The second-order valence-corrected chi connectivity index (χ2v) is 7.47. The van der Waals surface area contributed by atoms with Crippen molar-refractivity contribution in [2.75, 3.05) is 20.7 Å². The van der Waals surface area contributed by atoms with Gasteiger partial charge in [0.2, 0.25) is 5.91 Å². The predicted molar refractivity (Wildman–Crippen MR) is 121 cm³/mol. The minimum atomic E-state index is -1.74. The number of likely N-dealkylation sites (N-methyl/N-ethyl adjacent to an activating group) is 1. The largest absolute Gasteiger partial charge is 0.493 e. The van der Waals surface area contributed by atoms with Crippen LogP contribution in [0.4, 0.5) is 4.39 Å². The van der Waals surface area contributed by atoms with Gasteiger partial charge in [0, 0.05) is 20.2 Å². The lowest BCUT2D eigenvalue weighted by Gasteiger charge is -2.18. The summed E-state index contributed by atoms with van der Waals surface area (Å²) in [5, 5.41) is 30.9. The second-order valence-electron chi connectivity index (χ2n) is 7.47. The topological polar surface area (TPSA) is 123 Å². The van der Waals surface area contributed by atoms with Gasteiger partial charge < -0.3 is 25.0 Å². The Hall–Kier alpha value is -3.68. The van der Waals surface area contributed by atoms with Crippen LogP contribution in [0.2, 0.25) is 0 Å². The van der Waals surface area contributed by atoms with Crippen molar-refractivity contribution >= 4 is 25.0 Å². The Bertz CT molecular complexity index is 1040. The van der Waals surface area contributed by atoms with Gasteiger partial charge in [-0.3, -0.25) is 9.59 Å². The Morgan fingerprint density at radius 3 is 2.55 bits per heavy atom. The van der Waals surface area contributed by atoms with Crippen LogP contribution < -0.4 is 10.1 Å². The maximum atomic E-state index is 14.0. The van der Waals surface area contributed by atoms with Gasteiger partial charge in [-0.2, -0.15) is 5.26 Å². The molecule has 10 heteroatoms. The lowest BCUT2D eigenvalue weighted by atomic mass is 9.76. The van der Waals surface area contributed by atoms with E-state index in [0.717, 1.165) is 17.7 Å². The van der Waals surface area contributed by atoms with E-state index in [4.69, 9.17) is 4.74 Å². The van der Waals surface area contributed by atoms with Crippen molar-refractivity contribution in [3.05, 3.63) is 71.0 Å². The SMILES string of the molecule is CN(C)C(=O)C(C#N)=Cc1cc(F)cc(OCCC(=O)N[C@@H](Cc2ccccc2)B(O)O)c1. The minimum Gasteiger partial charge on any atom is -0.493 e. The summed E-state index contributed by atoms with van der Waals surface area (Å²) in [6.07, 6.45) is 1.38. The van der Waals surface area contributed by atoms with Crippen molar-refractivity contribution in [2.24, 2.45) is 0 Å². The smallest absolute Gasteiger partial charge is 0.475 e. The molecule has 0 aromatic heterocycles. The zero-order valence-electron chi connectivity index (χ0n) is 18.4. The fourth-order valence-corrected chi connectivity index (χ4v) is 2.94. The van der Waals surface area contributed by atoms with Crippen molar-refractivity contribution in [1.82, 2.24) is 10.2 Å². The number of hydrogen-bond donors (Lipinski definition) is 3. The van der Waals surface area contributed by atoms with Gasteiger partial charge in [-0.05, 0) is 35.8 Å². The van der Waals surface area contributed by atoms with Gasteiger partial charge in [-0.25, -0.2) is 4.39 Å². The van der Waals surface area contributed by atoms with Gasteiger partial charge in [0.25, 0.3) is 5.91 Å². The first-order valence-corrected chi connectivity index (χ1v) is 10.2. The molecular formula is C23H25BFN3O5. The molecular weight excluding hydrogens is 428 g/mol. The van der Waals surface area contributed by atoms with Gasteiger partial charge in [-0.15, -0.1) is 0 Å². The zero-order chi connectivity index (χ0) is 24.4. The molecule has 0 bridgehead atoms. The molecule has 0 heterocycles. The molecule has 2 rings (SSSR count). The Morgan fingerprint density at radius 1 is 1.24 bits per heavy atom. The number of nitrogens with zero attached hydrogens (tertiary/aromatic N) is 2. The van der Waals surface area contributed by atoms with Crippen molar-refractivity contribution in [3.63, 3.8) is 0 Å². The number of carbonyl (C=O) groups excluding carboxylic acids is 2. The molecule has 2 aromatic carbocycles. The van der Waals surface area contributed by atoms with Gasteiger partial charge in [0.05, 0.1) is 19.0 Å². The van der Waals surface area contributed by atoms with Gasteiger partial charge in [-0.1, -0.05) is 30.3 Å². The van der Waals surface area contributed by atoms with Crippen molar-refractivity contribution in [1.29, 1.82) is 5.26 Å². The molecule has 3 N–H and O–H groups in total. The third-order valence-electron chi connectivity index (χ3n) is 4.56. The third-order valence-corrected chi connectivity index (χ3v) is 4.56. The van der Waals surface area contributed by atoms with Crippen LogP contribution in [0.1, 0.15) is 17.5 Å². The minimum absolute atomic E-state index is 0.0975. The van der Waals surface area contributed by atoms with E-state index >= 15 is 0 Å². The Kier molecular flexibility index (Phi) is 9.60. The van der Waals surface area contributed by atoms with Crippen LogP contribution in [-0.2, 0) is 16.0 Å². The Balaban J connectivity index is 1.97. The lowest BCUT2D eigenvalue weighted by molar-refractivity contribution is -0.124. The van der Waals surface area contributed by atoms with Crippen molar-refractivity contribution in [3.8, 4) is 11.8 Å². The van der Waals surface area contributed by atoms with Crippen molar-refractivity contribution < 1.29 is 28.8 Å². The number of nitrogens with one attached hydrogen (secondary N) is 1.